The fourth-order valence-corrected chi connectivity index (χ4v) is 4.34. The van der Waals surface area contributed by atoms with Crippen molar-refractivity contribution in [2.24, 2.45) is 0 Å². The average Bonchev–Trinajstić information content (AvgIpc) is 2.93. The maximum absolute atomic E-state index is 4.41. The molecule has 0 spiro atoms. The summed E-state index contributed by atoms with van der Waals surface area (Å²) in [6, 6.07) is 2.71. The van der Waals surface area contributed by atoms with E-state index in [1.165, 1.54) is 40.4 Å². The van der Waals surface area contributed by atoms with E-state index in [9.17, 15) is 0 Å². The second-order valence-electron chi connectivity index (χ2n) is 6.29. The van der Waals surface area contributed by atoms with Crippen molar-refractivity contribution in [2.75, 3.05) is 6.54 Å². The number of nitrogens with zero attached hydrogens (tertiary/aromatic N) is 3. The third-order valence-corrected chi connectivity index (χ3v) is 5.51. The van der Waals surface area contributed by atoms with E-state index >= 15 is 0 Å². The van der Waals surface area contributed by atoms with Gasteiger partial charge < -0.3 is 9.88 Å². The van der Waals surface area contributed by atoms with E-state index in [-0.39, 0.29) is 0 Å². The molecule has 1 aliphatic heterocycles. The van der Waals surface area contributed by atoms with Gasteiger partial charge in [0.05, 0.1) is 0 Å². The highest BCUT2D eigenvalue weighted by atomic mass is 32.1. The van der Waals surface area contributed by atoms with E-state index in [0.717, 1.165) is 31.8 Å². The van der Waals surface area contributed by atoms with E-state index in [1.807, 2.05) is 11.3 Å². The molecule has 1 unspecified atom stereocenters. The summed E-state index contributed by atoms with van der Waals surface area (Å²) in [6.07, 6.45) is 5.87. The van der Waals surface area contributed by atoms with Crippen LogP contribution in [-0.2, 0) is 19.4 Å². The molecule has 1 aliphatic rings. The van der Waals surface area contributed by atoms with Gasteiger partial charge in [-0.3, -0.25) is 0 Å². The van der Waals surface area contributed by atoms with Crippen molar-refractivity contribution in [3.05, 3.63) is 33.0 Å². The predicted molar refractivity (Wildman–Crippen MR) is 91.5 cm³/mol. The van der Waals surface area contributed by atoms with Gasteiger partial charge in [0.25, 0.3) is 0 Å². The first-order chi connectivity index (χ1) is 10.6. The third-order valence-electron chi connectivity index (χ3n) is 4.53. The topological polar surface area (TPSA) is 42.7 Å². The Labute approximate surface area is 137 Å². The monoisotopic (exact) mass is 318 g/mol. The first-order valence-electron chi connectivity index (χ1n) is 8.36. The van der Waals surface area contributed by atoms with Gasteiger partial charge in [-0.2, -0.15) is 0 Å². The van der Waals surface area contributed by atoms with Crippen LogP contribution in [0.25, 0.3) is 0 Å². The number of hydrogen-bond acceptors (Lipinski definition) is 4. The molecule has 4 nitrogen and oxygen atoms in total. The molecule has 3 heterocycles. The smallest absolute Gasteiger partial charge is 0.134 e. The predicted octanol–water partition coefficient (Wildman–Crippen LogP) is 3.58. The van der Waals surface area contributed by atoms with Crippen molar-refractivity contribution in [1.29, 1.82) is 0 Å². The standard InChI is InChI=1S/C17H26N4S/c1-12-11-15(14(3)22-12)13(2)18-9-8-17-20-19-16-7-5-4-6-10-21(16)17/h11,13,18H,4-10H2,1-3H3. The molecule has 22 heavy (non-hydrogen) atoms. The van der Waals surface area contributed by atoms with Gasteiger partial charge >= 0.3 is 0 Å². The fraction of sp³-hybridized carbons (Fsp3) is 0.647. The van der Waals surface area contributed by atoms with Crippen LogP contribution in [0.15, 0.2) is 6.07 Å². The normalized spacial score (nSPS) is 16.3. The summed E-state index contributed by atoms with van der Waals surface area (Å²) < 4.78 is 2.35. The fourth-order valence-electron chi connectivity index (χ4n) is 3.32. The number of nitrogens with one attached hydrogen (secondary N) is 1. The van der Waals surface area contributed by atoms with Gasteiger partial charge in [-0.25, -0.2) is 0 Å². The number of hydrogen-bond donors (Lipinski definition) is 1. The molecule has 3 rings (SSSR count). The lowest BCUT2D eigenvalue weighted by atomic mass is 10.1. The summed E-state index contributed by atoms with van der Waals surface area (Å²) in [5.74, 6) is 2.33. The molecule has 0 amide bonds. The van der Waals surface area contributed by atoms with E-state index in [0.29, 0.717) is 6.04 Å². The zero-order valence-corrected chi connectivity index (χ0v) is 14.7. The average molecular weight is 318 g/mol. The van der Waals surface area contributed by atoms with Gasteiger partial charge in [0.1, 0.15) is 11.6 Å². The Morgan fingerprint density at radius 2 is 2.14 bits per heavy atom. The van der Waals surface area contributed by atoms with Crippen LogP contribution in [0.5, 0.6) is 0 Å². The Hall–Kier alpha value is -1.20. The first kappa shape index (κ1) is 15.7. The largest absolute Gasteiger partial charge is 0.315 e. The summed E-state index contributed by atoms with van der Waals surface area (Å²) in [6.45, 7) is 8.69. The maximum Gasteiger partial charge on any atom is 0.134 e. The molecule has 0 aliphatic carbocycles. The van der Waals surface area contributed by atoms with E-state index in [2.05, 4.69) is 46.9 Å². The molecule has 2 aromatic rings. The summed E-state index contributed by atoms with van der Waals surface area (Å²) in [5, 5.41) is 12.4. The molecule has 0 bridgehead atoms. The number of aryl methyl sites for hydroxylation is 3. The van der Waals surface area contributed by atoms with Crippen molar-refractivity contribution >= 4 is 11.3 Å². The van der Waals surface area contributed by atoms with Crippen LogP contribution in [0.4, 0.5) is 0 Å². The zero-order chi connectivity index (χ0) is 15.5. The van der Waals surface area contributed by atoms with Crippen LogP contribution in [0.3, 0.4) is 0 Å². The van der Waals surface area contributed by atoms with Crippen LogP contribution < -0.4 is 5.32 Å². The van der Waals surface area contributed by atoms with Crippen LogP contribution in [0.1, 0.15) is 59.2 Å². The number of aromatic nitrogens is 3. The minimum Gasteiger partial charge on any atom is -0.315 e. The Balaban J connectivity index is 1.57. The van der Waals surface area contributed by atoms with Gasteiger partial charge in [-0.1, -0.05) is 6.42 Å². The second kappa shape index (κ2) is 6.92. The van der Waals surface area contributed by atoms with Crippen LogP contribution >= 0.6 is 11.3 Å². The minimum absolute atomic E-state index is 0.400. The van der Waals surface area contributed by atoms with Crippen LogP contribution in [0.2, 0.25) is 0 Å². The molecule has 0 radical (unpaired) electrons. The molecular weight excluding hydrogens is 292 g/mol. The van der Waals surface area contributed by atoms with Crippen molar-refractivity contribution in [3.63, 3.8) is 0 Å². The highest BCUT2D eigenvalue weighted by Crippen LogP contribution is 2.26. The Morgan fingerprint density at radius 3 is 2.91 bits per heavy atom. The Morgan fingerprint density at radius 1 is 1.27 bits per heavy atom. The lowest BCUT2D eigenvalue weighted by Crippen LogP contribution is -2.23. The summed E-state index contributed by atoms with van der Waals surface area (Å²) in [4.78, 5) is 2.82. The quantitative estimate of drug-likeness (QED) is 0.916. The zero-order valence-electron chi connectivity index (χ0n) is 13.9. The van der Waals surface area contributed by atoms with Gasteiger partial charge in [0.15, 0.2) is 0 Å². The molecule has 0 saturated carbocycles. The van der Waals surface area contributed by atoms with Gasteiger partial charge in [-0.05, 0) is 45.2 Å². The summed E-state index contributed by atoms with van der Waals surface area (Å²) in [7, 11) is 0. The minimum atomic E-state index is 0.400. The molecule has 0 saturated heterocycles. The first-order valence-corrected chi connectivity index (χ1v) is 9.18. The van der Waals surface area contributed by atoms with Gasteiger partial charge in [-0.15, -0.1) is 21.5 Å². The number of thiophene rings is 1. The number of fused-ring (bicyclic) bond motifs is 1. The van der Waals surface area contributed by atoms with Crippen molar-refractivity contribution in [2.45, 2.75) is 65.5 Å². The Bertz CT molecular complexity index is 629. The molecule has 0 fully saturated rings. The van der Waals surface area contributed by atoms with Gasteiger partial charge in [0, 0.05) is 41.7 Å². The molecule has 120 valence electrons. The SMILES string of the molecule is Cc1cc(C(C)NCCc2nnc3n2CCCCC3)c(C)s1. The lowest BCUT2D eigenvalue weighted by molar-refractivity contribution is 0.548. The van der Waals surface area contributed by atoms with E-state index in [4.69, 9.17) is 0 Å². The lowest BCUT2D eigenvalue weighted by Gasteiger charge is -2.14. The highest BCUT2D eigenvalue weighted by Gasteiger charge is 2.15. The summed E-state index contributed by atoms with van der Waals surface area (Å²) >= 11 is 1.88. The molecular formula is C17H26N4S. The molecule has 0 aromatic carbocycles. The molecule has 1 atom stereocenters. The molecule has 1 N–H and O–H groups in total. The Kier molecular flexibility index (Phi) is 4.93. The van der Waals surface area contributed by atoms with E-state index in [1.54, 1.807) is 0 Å². The molecule has 5 heteroatoms. The number of rotatable bonds is 5. The summed E-state index contributed by atoms with van der Waals surface area (Å²) in [5.41, 5.74) is 1.43. The van der Waals surface area contributed by atoms with E-state index < -0.39 is 0 Å². The maximum atomic E-state index is 4.41. The molecule has 2 aromatic heterocycles. The van der Waals surface area contributed by atoms with Crippen LogP contribution in [-0.4, -0.2) is 21.3 Å². The van der Waals surface area contributed by atoms with Crippen LogP contribution in [0, 0.1) is 13.8 Å². The van der Waals surface area contributed by atoms with Crippen molar-refractivity contribution in [1.82, 2.24) is 20.1 Å². The highest BCUT2D eigenvalue weighted by molar-refractivity contribution is 7.12. The van der Waals surface area contributed by atoms with Gasteiger partial charge in [0.2, 0.25) is 0 Å². The third kappa shape index (κ3) is 3.41. The van der Waals surface area contributed by atoms with Crippen molar-refractivity contribution in [3.8, 4) is 0 Å². The second-order valence-corrected chi connectivity index (χ2v) is 7.75. The van der Waals surface area contributed by atoms with Crippen molar-refractivity contribution < 1.29 is 0 Å².